The molecular weight excluding hydrogens is 242 g/mol. The van der Waals surface area contributed by atoms with Gasteiger partial charge in [0.15, 0.2) is 0 Å². The fraction of sp³-hybridized carbons (Fsp3) is 0.462. The van der Waals surface area contributed by atoms with Crippen LogP contribution in [0.4, 0.5) is 8.78 Å². The highest BCUT2D eigenvalue weighted by molar-refractivity contribution is 5.55. The van der Waals surface area contributed by atoms with Crippen LogP contribution in [-0.4, -0.2) is 20.5 Å². The Morgan fingerprint density at radius 1 is 1.17 bits per heavy atom. The zero-order valence-corrected chi connectivity index (χ0v) is 10.6. The number of aldehydes is 1. The maximum Gasteiger partial charge on any atom is 0.267 e. The van der Waals surface area contributed by atoms with Crippen LogP contribution in [0.2, 0.25) is 0 Å². The van der Waals surface area contributed by atoms with E-state index in [1.54, 1.807) is 0 Å². The molecule has 100 valence electrons. The Labute approximate surface area is 105 Å². The number of halogens is 2. The van der Waals surface area contributed by atoms with Gasteiger partial charge >= 0.3 is 0 Å². The SMILES string of the molecule is COc1cc(C(C)CC=O)c(OC)cc1C(F)F. The van der Waals surface area contributed by atoms with Crippen molar-refractivity contribution in [3.63, 3.8) is 0 Å². The quantitative estimate of drug-likeness (QED) is 0.734. The molecule has 0 aromatic heterocycles. The van der Waals surface area contributed by atoms with Gasteiger partial charge in [0, 0.05) is 12.0 Å². The summed E-state index contributed by atoms with van der Waals surface area (Å²) in [6.45, 7) is 1.83. The fourth-order valence-electron chi connectivity index (χ4n) is 1.77. The van der Waals surface area contributed by atoms with Gasteiger partial charge in [-0.15, -0.1) is 0 Å². The molecule has 0 spiro atoms. The van der Waals surface area contributed by atoms with Gasteiger partial charge in [0.05, 0.1) is 19.8 Å². The third kappa shape index (κ3) is 2.97. The maximum absolute atomic E-state index is 12.8. The van der Waals surface area contributed by atoms with Gasteiger partial charge in [-0.25, -0.2) is 8.78 Å². The van der Waals surface area contributed by atoms with Gasteiger partial charge in [-0.2, -0.15) is 0 Å². The number of carbonyl (C=O) groups excluding carboxylic acids is 1. The Balaban J connectivity index is 3.29. The summed E-state index contributed by atoms with van der Waals surface area (Å²) in [5.41, 5.74) is 0.474. The fourth-order valence-corrected chi connectivity index (χ4v) is 1.77. The largest absolute Gasteiger partial charge is 0.496 e. The Morgan fingerprint density at radius 2 is 1.67 bits per heavy atom. The molecule has 1 aromatic rings. The second-order valence-corrected chi connectivity index (χ2v) is 3.94. The maximum atomic E-state index is 12.8. The lowest BCUT2D eigenvalue weighted by Gasteiger charge is -2.17. The van der Waals surface area contributed by atoms with Crippen molar-refractivity contribution in [3.05, 3.63) is 23.3 Å². The summed E-state index contributed by atoms with van der Waals surface area (Å²) >= 11 is 0. The highest BCUT2D eigenvalue weighted by Gasteiger charge is 2.20. The summed E-state index contributed by atoms with van der Waals surface area (Å²) in [7, 11) is 2.75. The normalized spacial score (nSPS) is 12.3. The molecule has 0 aliphatic heterocycles. The Morgan fingerprint density at radius 3 is 2.11 bits per heavy atom. The Hall–Kier alpha value is -1.65. The van der Waals surface area contributed by atoms with Crippen molar-refractivity contribution in [2.24, 2.45) is 0 Å². The molecule has 0 aliphatic carbocycles. The second-order valence-electron chi connectivity index (χ2n) is 3.94. The minimum atomic E-state index is -2.63. The van der Waals surface area contributed by atoms with E-state index in [0.717, 1.165) is 6.29 Å². The molecule has 0 aliphatic rings. The summed E-state index contributed by atoms with van der Waals surface area (Å²) in [6, 6.07) is 2.77. The molecule has 5 heteroatoms. The zero-order valence-electron chi connectivity index (χ0n) is 10.6. The zero-order chi connectivity index (χ0) is 13.7. The minimum Gasteiger partial charge on any atom is -0.496 e. The van der Waals surface area contributed by atoms with Gasteiger partial charge in [0.25, 0.3) is 6.43 Å². The first kappa shape index (κ1) is 14.4. The third-order valence-corrected chi connectivity index (χ3v) is 2.80. The number of carbonyl (C=O) groups is 1. The molecule has 1 unspecified atom stereocenters. The average Bonchev–Trinajstić information content (AvgIpc) is 2.37. The molecule has 0 N–H and O–H groups in total. The predicted octanol–water partition coefficient (Wildman–Crippen LogP) is 3.33. The predicted molar refractivity (Wildman–Crippen MR) is 63.6 cm³/mol. The van der Waals surface area contributed by atoms with E-state index >= 15 is 0 Å². The molecule has 0 fully saturated rings. The molecule has 3 nitrogen and oxygen atoms in total. The van der Waals surface area contributed by atoms with Gasteiger partial charge in [-0.3, -0.25) is 0 Å². The van der Waals surface area contributed by atoms with E-state index in [-0.39, 0.29) is 17.2 Å². The molecule has 1 rings (SSSR count). The van der Waals surface area contributed by atoms with Gasteiger partial charge in [0.2, 0.25) is 0 Å². The van der Waals surface area contributed by atoms with Crippen molar-refractivity contribution in [1.82, 2.24) is 0 Å². The first-order valence-corrected chi connectivity index (χ1v) is 5.52. The molecule has 0 saturated carbocycles. The van der Waals surface area contributed by atoms with Crippen LogP contribution in [0.5, 0.6) is 11.5 Å². The molecule has 0 saturated heterocycles. The summed E-state index contributed by atoms with van der Waals surface area (Å²) < 4.78 is 35.7. The van der Waals surface area contributed by atoms with Gasteiger partial charge in [-0.1, -0.05) is 6.92 Å². The average molecular weight is 258 g/mol. The van der Waals surface area contributed by atoms with E-state index in [4.69, 9.17) is 9.47 Å². The Bertz CT molecular complexity index is 419. The van der Waals surface area contributed by atoms with E-state index < -0.39 is 6.43 Å². The number of hydrogen-bond donors (Lipinski definition) is 0. The van der Waals surface area contributed by atoms with Crippen LogP contribution in [0.25, 0.3) is 0 Å². The van der Waals surface area contributed by atoms with E-state index in [1.807, 2.05) is 6.92 Å². The lowest BCUT2D eigenvalue weighted by Crippen LogP contribution is -2.02. The first-order valence-electron chi connectivity index (χ1n) is 5.52. The molecule has 0 radical (unpaired) electrons. The minimum absolute atomic E-state index is 0.110. The van der Waals surface area contributed by atoms with E-state index in [0.29, 0.717) is 17.7 Å². The number of methoxy groups -OCH3 is 2. The number of benzene rings is 1. The lowest BCUT2D eigenvalue weighted by atomic mass is 9.95. The standard InChI is InChI=1S/C13H16F2O3/c1-8(4-5-16)9-6-12(18-3)10(13(14)15)7-11(9)17-2/h5-8,13H,4H2,1-3H3. The highest BCUT2D eigenvalue weighted by Crippen LogP contribution is 2.38. The monoisotopic (exact) mass is 258 g/mol. The first-order chi connectivity index (χ1) is 8.54. The third-order valence-electron chi connectivity index (χ3n) is 2.80. The smallest absolute Gasteiger partial charge is 0.267 e. The van der Waals surface area contributed by atoms with Crippen molar-refractivity contribution >= 4 is 6.29 Å². The molecule has 18 heavy (non-hydrogen) atoms. The molecular formula is C13H16F2O3. The summed E-state index contributed by atoms with van der Waals surface area (Å²) in [5.74, 6) is 0.345. The van der Waals surface area contributed by atoms with Crippen molar-refractivity contribution in [2.75, 3.05) is 14.2 Å². The molecule has 0 amide bonds. The number of alkyl halides is 2. The summed E-state index contributed by atoms with van der Waals surface area (Å²) in [4.78, 5) is 10.5. The van der Waals surface area contributed by atoms with E-state index in [9.17, 15) is 13.6 Å². The second kappa shape index (κ2) is 6.33. The molecule has 0 bridgehead atoms. The molecule has 1 atom stereocenters. The van der Waals surface area contributed by atoms with Crippen LogP contribution in [0, 0.1) is 0 Å². The van der Waals surface area contributed by atoms with Crippen molar-refractivity contribution in [3.8, 4) is 11.5 Å². The molecule has 1 aromatic carbocycles. The van der Waals surface area contributed by atoms with E-state index in [2.05, 4.69) is 0 Å². The topological polar surface area (TPSA) is 35.5 Å². The van der Waals surface area contributed by atoms with Crippen LogP contribution >= 0.6 is 0 Å². The van der Waals surface area contributed by atoms with Crippen LogP contribution < -0.4 is 9.47 Å². The lowest BCUT2D eigenvalue weighted by molar-refractivity contribution is -0.108. The van der Waals surface area contributed by atoms with Crippen LogP contribution in [-0.2, 0) is 4.79 Å². The highest BCUT2D eigenvalue weighted by atomic mass is 19.3. The van der Waals surface area contributed by atoms with Gasteiger partial charge in [-0.05, 0) is 18.1 Å². The number of ether oxygens (including phenoxy) is 2. The van der Waals surface area contributed by atoms with Crippen LogP contribution in [0.1, 0.15) is 36.8 Å². The van der Waals surface area contributed by atoms with Crippen molar-refractivity contribution in [1.29, 1.82) is 0 Å². The summed E-state index contributed by atoms with van der Waals surface area (Å²) in [5, 5.41) is 0. The molecule has 0 heterocycles. The van der Waals surface area contributed by atoms with Crippen molar-refractivity contribution < 1.29 is 23.0 Å². The summed E-state index contributed by atoms with van der Waals surface area (Å²) in [6.07, 6.45) is -1.55. The number of hydrogen-bond acceptors (Lipinski definition) is 3. The van der Waals surface area contributed by atoms with Gasteiger partial charge < -0.3 is 14.3 Å². The van der Waals surface area contributed by atoms with Crippen molar-refractivity contribution in [2.45, 2.75) is 25.7 Å². The Kier molecular flexibility index (Phi) is 5.07. The van der Waals surface area contributed by atoms with Gasteiger partial charge in [0.1, 0.15) is 17.8 Å². The van der Waals surface area contributed by atoms with Crippen LogP contribution in [0.15, 0.2) is 12.1 Å². The number of rotatable bonds is 6. The van der Waals surface area contributed by atoms with Crippen LogP contribution in [0.3, 0.4) is 0 Å². The van der Waals surface area contributed by atoms with E-state index in [1.165, 1.54) is 26.4 Å².